The lowest BCUT2D eigenvalue weighted by molar-refractivity contribution is -0.140. The maximum Gasteiger partial charge on any atom is 0.305 e. The first-order chi connectivity index (χ1) is 19.1. The summed E-state index contributed by atoms with van der Waals surface area (Å²) in [5, 5.41) is 7.94. The number of carbonyl (C=O) groups is 1. The van der Waals surface area contributed by atoms with Gasteiger partial charge in [-0.1, -0.05) is 43.2 Å². The van der Waals surface area contributed by atoms with E-state index < -0.39 is 0 Å². The van der Waals surface area contributed by atoms with Gasteiger partial charge in [-0.15, -0.1) is 0 Å². The second-order valence-electron chi connectivity index (χ2n) is 9.66. The van der Waals surface area contributed by atoms with Gasteiger partial charge in [-0.05, 0) is 80.7 Å². The molecule has 0 saturated heterocycles. The van der Waals surface area contributed by atoms with Crippen molar-refractivity contribution in [3.8, 4) is 17.0 Å². The van der Waals surface area contributed by atoms with Gasteiger partial charge < -0.3 is 25.1 Å². The molecule has 0 aliphatic rings. The summed E-state index contributed by atoms with van der Waals surface area (Å²) in [5.74, 6) is 1.55. The molecule has 8 nitrogen and oxygen atoms in total. The fourth-order valence-electron chi connectivity index (χ4n) is 4.46. The van der Waals surface area contributed by atoms with Crippen molar-refractivity contribution in [2.24, 2.45) is 0 Å². The summed E-state index contributed by atoms with van der Waals surface area (Å²) in [7, 11) is 1.44. The molecule has 0 fully saturated rings. The molecule has 0 bridgehead atoms. The predicted molar refractivity (Wildman–Crippen MR) is 156 cm³/mol. The van der Waals surface area contributed by atoms with Gasteiger partial charge in [-0.3, -0.25) is 4.79 Å². The highest BCUT2D eigenvalue weighted by Crippen LogP contribution is 2.29. The molecule has 206 valence electrons. The lowest BCUT2D eigenvalue weighted by Crippen LogP contribution is -2.18. The Bertz CT molecular complexity index is 1290. The molecule has 39 heavy (non-hydrogen) atoms. The summed E-state index contributed by atoms with van der Waals surface area (Å²) >= 11 is 0. The number of methoxy groups -OCH3 is 1. The number of ether oxygens (including phenoxy) is 2. The number of nitrogens with zero attached hydrogens (tertiary/aromatic N) is 2. The minimum absolute atomic E-state index is 0.119. The molecule has 0 amide bonds. The van der Waals surface area contributed by atoms with Crippen LogP contribution in [0, 0.1) is 0 Å². The SMILES string of the molecule is COC(=O)CCCCCCNCCCOc1ccc(-c2cc3c(NC(C)c4ccccc4)ncnc3[nH]2)cc1. The number of fused-ring (bicyclic) bond motifs is 1. The van der Waals surface area contributed by atoms with E-state index in [1.165, 1.54) is 12.7 Å². The van der Waals surface area contributed by atoms with Crippen molar-refractivity contribution in [1.29, 1.82) is 0 Å². The minimum atomic E-state index is -0.119. The van der Waals surface area contributed by atoms with Crippen molar-refractivity contribution in [3.63, 3.8) is 0 Å². The van der Waals surface area contributed by atoms with Crippen LogP contribution < -0.4 is 15.4 Å². The van der Waals surface area contributed by atoms with Gasteiger partial charge in [-0.2, -0.15) is 0 Å². The summed E-state index contributed by atoms with van der Waals surface area (Å²) in [4.78, 5) is 23.4. The lowest BCUT2D eigenvalue weighted by atomic mass is 10.1. The number of benzene rings is 2. The van der Waals surface area contributed by atoms with Crippen molar-refractivity contribution in [2.75, 3.05) is 32.1 Å². The molecule has 8 heteroatoms. The first-order valence-electron chi connectivity index (χ1n) is 13.8. The molecule has 0 aliphatic carbocycles. The number of hydrogen-bond acceptors (Lipinski definition) is 7. The number of aromatic amines is 1. The molecular formula is C31H39N5O3. The molecular weight excluding hydrogens is 490 g/mol. The fourth-order valence-corrected chi connectivity index (χ4v) is 4.46. The van der Waals surface area contributed by atoms with Crippen molar-refractivity contribution in [1.82, 2.24) is 20.3 Å². The van der Waals surface area contributed by atoms with Crippen LogP contribution in [-0.2, 0) is 9.53 Å². The maximum atomic E-state index is 11.1. The zero-order valence-electron chi connectivity index (χ0n) is 22.9. The van der Waals surface area contributed by atoms with Crippen molar-refractivity contribution in [3.05, 3.63) is 72.6 Å². The van der Waals surface area contributed by atoms with E-state index in [1.807, 2.05) is 30.3 Å². The standard InChI is InChI=1S/C31H39N5O3/c1-23(24-11-6-5-7-12-24)35-30-27-21-28(36-31(27)34-22-33-30)25-14-16-26(17-15-25)39-20-10-19-32-18-9-4-3-8-13-29(37)38-2/h5-7,11-12,14-17,21-23,32H,3-4,8-10,13,18-20H2,1-2H3,(H2,33,34,35,36). The summed E-state index contributed by atoms with van der Waals surface area (Å²) < 4.78 is 10.6. The molecule has 4 aromatic rings. The van der Waals surface area contributed by atoms with Crippen LogP contribution in [0.3, 0.4) is 0 Å². The van der Waals surface area contributed by atoms with Gasteiger partial charge in [0.25, 0.3) is 0 Å². The quantitative estimate of drug-likeness (QED) is 0.116. The summed E-state index contributed by atoms with van der Waals surface area (Å²) in [6.07, 6.45) is 7.26. The van der Waals surface area contributed by atoms with Gasteiger partial charge in [0.1, 0.15) is 23.5 Å². The average Bonchev–Trinajstić information content (AvgIpc) is 3.42. The Labute approximate surface area is 230 Å². The van der Waals surface area contributed by atoms with Gasteiger partial charge >= 0.3 is 5.97 Å². The number of hydrogen-bond donors (Lipinski definition) is 3. The van der Waals surface area contributed by atoms with Gasteiger partial charge in [0.15, 0.2) is 0 Å². The number of carbonyl (C=O) groups excluding carboxylic acids is 1. The third kappa shape index (κ3) is 8.55. The number of aromatic nitrogens is 3. The highest BCUT2D eigenvalue weighted by Gasteiger charge is 2.12. The van der Waals surface area contributed by atoms with Crippen LogP contribution in [0.25, 0.3) is 22.3 Å². The Kier molecular flexibility index (Phi) is 10.7. The predicted octanol–water partition coefficient (Wildman–Crippen LogP) is 6.28. The van der Waals surface area contributed by atoms with Crippen LogP contribution in [0.5, 0.6) is 5.75 Å². The first kappa shape index (κ1) is 28.1. The van der Waals surface area contributed by atoms with E-state index >= 15 is 0 Å². The van der Waals surface area contributed by atoms with Crippen LogP contribution in [0.1, 0.15) is 57.1 Å². The van der Waals surface area contributed by atoms with E-state index in [9.17, 15) is 4.79 Å². The van der Waals surface area contributed by atoms with Gasteiger partial charge in [0.05, 0.1) is 19.1 Å². The van der Waals surface area contributed by atoms with E-state index in [0.29, 0.717) is 13.0 Å². The normalized spacial score (nSPS) is 11.8. The number of H-pyrrole nitrogens is 1. The Morgan fingerprint density at radius 2 is 1.72 bits per heavy atom. The topological polar surface area (TPSA) is 101 Å². The Hall–Kier alpha value is -3.91. The van der Waals surface area contributed by atoms with Crippen LogP contribution >= 0.6 is 0 Å². The van der Waals surface area contributed by atoms with Gasteiger partial charge in [-0.25, -0.2) is 9.97 Å². The number of rotatable bonds is 16. The number of esters is 1. The largest absolute Gasteiger partial charge is 0.494 e. The summed E-state index contributed by atoms with van der Waals surface area (Å²) in [6, 6.07) is 20.7. The lowest BCUT2D eigenvalue weighted by Gasteiger charge is -2.15. The molecule has 2 aromatic carbocycles. The molecule has 2 heterocycles. The number of anilines is 1. The van der Waals surface area contributed by atoms with Crippen LogP contribution in [0.15, 0.2) is 67.0 Å². The third-order valence-electron chi connectivity index (χ3n) is 6.72. The minimum Gasteiger partial charge on any atom is -0.494 e. The van der Waals surface area contributed by atoms with E-state index in [-0.39, 0.29) is 12.0 Å². The van der Waals surface area contributed by atoms with Crippen LogP contribution in [0.4, 0.5) is 5.82 Å². The fraction of sp³-hybridized carbons (Fsp3) is 0.387. The van der Waals surface area contributed by atoms with Crippen LogP contribution in [0.2, 0.25) is 0 Å². The molecule has 0 spiro atoms. The average molecular weight is 530 g/mol. The van der Waals surface area contributed by atoms with Crippen molar-refractivity contribution < 1.29 is 14.3 Å². The summed E-state index contributed by atoms with van der Waals surface area (Å²) in [6.45, 7) is 4.71. The molecule has 1 unspecified atom stereocenters. The zero-order valence-corrected chi connectivity index (χ0v) is 22.9. The van der Waals surface area contributed by atoms with Crippen LogP contribution in [-0.4, -0.2) is 47.7 Å². The highest BCUT2D eigenvalue weighted by molar-refractivity contribution is 5.91. The molecule has 0 radical (unpaired) electrons. The number of unbranched alkanes of at least 4 members (excludes halogenated alkanes) is 3. The van der Waals surface area contributed by atoms with E-state index in [2.05, 4.69) is 67.6 Å². The molecule has 2 aromatic heterocycles. The molecule has 0 aliphatic heterocycles. The Morgan fingerprint density at radius 1 is 0.949 bits per heavy atom. The third-order valence-corrected chi connectivity index (χ3v) is 6.72. The first-order valence-corrected chi connectivity index (χ1v) is 13.8. The maximum absolute atomic E-state index is 11.1. The summed E-state index contributed by atoms with van der Waals surface area (Å²) in [5.41, 5.74) is 4.06. The molecule has 1 atom stereocenters. The second-order valence-corrected chi connectivity index (χ2v) is 9.66. The monoisotopic (exact) mass is 529 g/mol. The van der Waals surface area contributed by atoms with E-state index in [4.69, 9.17) is 4.74 Å². The zero-order chi connectivity index (χ0) is 27.3. The molecule has 3 N–H and O–H groups in total. The Balaban J connectivity index is 1.19. The second kappa shape index (κ2) is 14.9. The van der Waals surface area contributed by atoms with Gasteiger partial charge in [0.2, 0.25) is 0 Å². The van der Waals surface area contributed by atoms with Crippen molar-refractivity contribution >= 4 is 22.8 Å². The van der Waals surface area contributed by atoms with Crippen molar-refractivity contribution in [2.45, 2.75) is 51.5 Å². The van der Waals surface area contributed by atoms with E-state index in [0.717, 1.165) is 79.1 Å². The number of nitrogens with one attached hydrogen (secondary N) is 3. The smallest absolute Gasteiger partial charge is 0.305 e. The van der Waals surface area contributed by atoms with Gasteiger partial charge in [0, 0.05) is 18.2 Å². The molecule has 0 saturated carbocycles. The molecule has 4 rings (SSSR count). The van der Waals surface area contributed by atoms with E-state index in [1.54, 1.807) is 6.33 Å². The highest BCUT2D eigenvalue weighted by atomic mass is 16.5. The Morgan fingerprint density at radius 3 is 2.51 bits per heavy atom.